The van der Waals surface area contributed by atoms with E-state index in [0.717, 1.165) is 36.6 Å². The fourth-order valence-electron chi connectivity index (χ4n) is 4.49. The predicted molar refractivity (Wildman–Crippen MR) is 122 cm³/mol. The monoisotopic (exact) mass is 475 g/mol. The van der Waals surface area contributed by atoms with Gasteiger partial charge in [-0.3, -0.25) is 4.90 Å². The maximum Gasteiger partial charge on any atom is 0.419 e. The lowest BCUT2D eigenvalue weighted by Crippen LogP contribution is -2.47. The van der Waals surface area contributed by atoms with Gasteiger partial charge in [0.2, 0.25) is 0 Å². The minimum atomic E-state index is -4.43. The number of piperazine rings is 1. The zero-order valence-corrected chi connectivity index (χ0v) is 18.6. The summed E-state index contributed by atoms with van der Waals surface area (Å²) < 4.78 is 66.8. The minimum absolute atomic E-state index is 0.00496. The first-order valence-electron chi connectivity index (χ1n) is 11.3. The first-order chi connectivity index (χ1) is 16.3. The third-order valence-corrected chi connectivity index (χ3v) is 6.28. The summed E-state index contributed by atoms with van der Waals surface area (Å²) in [4.78, 5) is 7.92. The third-order valence-electron chi connectivity index (χ3n) is 6.28. The second-order valence-electron chi connectivity index (χ2n) is 8.50. The highest BCUT2D eigenvalue weighted by Gasteiger charge is 2.36. The van der Waals surface area contributed by atoms with Crippen molar-refractivity contribution in [2.45, 2.75) is 24.9 Å². The fraction of sp³-hybridized carbons (Fsp3) is 0.346. The number of rotatable bonds is 7. The second-order valence-corrected chi connectivity index (χ2v) is 8.50. The van der Waals surface area contributed by atoms with E-state index < -0.39 is 11.7 Å². The highest BCUT2D eigenvalue weighted by atomic mass is 19.4. The standard InChI is InChI=1S/C26H26F5N3/c27-21-9-5-19(6-10-21)23(20-7-11-22(28)12-8-20)3-2-14-33-15-17-34(18-16-33)25-24(26(29,30)31)4-1-13-32-25/h1,4-13,23H,2-3,14-18H2. The number of anilines is 1. The lowest BCUT2D eigenvalue weighted by Gasteiger charge is -2.36. The number of nitrogens with zero attached hydrogens (tertiary/aromatic N) is 3. The second kappa shape index (κ2) is 10.5. The highest BCUT2D eigenvalue weighted by molar-refractivity contribution is 5.48. The molecule has 0 bridgehead atoms. The van der Waals surface area contributed by atoms with Crippen molar-refractivity contribution in [1.29, 1.82) is 0 Å². The van der Waals surface area contributed by atoms with Crippen LogP contribution in [0.5, 0.6) is 0 Å². The van der Waals surface area contributed by atoms with Crippen molar-refractivity contribution in [3.05, 3.63) is 95.2 Å². The maximum atomic E-state index is 13.4. The Bertz CT molecular complexity index is 1010. The average molecular weight is 476 g/mol. The number of alkyl halides is 3. The number of hydrogen-bond donors (Lipinski definition) is 0. The van der Waals surface area contributed by atoms with E-state index in [1.807, 2.05) is 0 Å². The summed E-state index contributed by atoms with van der Waals surface area (Å²) in [7, 11) is 0. The Morgan fingerprint density at radius 2 is 1.35 bits per heavy atom. The van der Waals surface area contributed by atoms with Crippen LogP contribution in [0.1, 0.15) is 35.4 Å². The van der Waals surface area contributed by atoms with E-state index in [0.29, 0.717) is 26.2 Å². The molecule has 0 aliphatic carbocycles. The van der Waals surface area contributed by atoms with Gasteiger partial charge in [0.25, 0.3) is 0 Å². The van der Waals surface area contributed by atoms with Crippen molar-refractivity contribution >= 4 is 5.82 Å². The normalized spacial score (nSPS) is 15.2. The Balaban J connectivity index is 1.35. The van der Waals surface area contributed by atoms with Crippen LogP contribution < -0.4 is 4.90 Å². The quantitative estimate of drug-likeness (QED) is 0.384. The van der Waals surface area contributed by atoms with E-state index in [9.17, 15) is 22.0 Å². The SMILES string of the molecule is Fc1ccc(C(CCCN2CCN(c3ncccc3C(F)(F)F)CC2)c2ccc(F)cc2)cc1. The minimum Gasteiger partial charge on any atom is -0.354 e. The molecule has 1 aliphatic heterocycles. The van der Waals surface area contributed by atoms with E-state index in [-0.39, 0.29) is 23.4 Å². The Morgan fingerprint density at radius 1 is 0.794 bits per heavy atom. The van der Waals surface area contributed by atoms with Crippen LogP contribution in [0, 0.1) is 11.6 Å². The number of aromatic nitrogens is 1. The summed E-state index contributed by atoms with van der Waals surface area (Å²) in [6, 6.07) is 15.1. The molecule has 0 unspecified atom stereocenters. The first-order valence-corrected chi connectivity index (χ1v) is 11.3. The molecule has 8 heteroatoms. The number of hydrogen-bond acceptors (Lipinski definition) is 3. The summed E-state index contributed by atoms with van der Waals surface area (Å²) >= 11 is 0. The predicted octanol–water partition coefficient (Wildman–Crippen LogP) is 6.11. The van der Waals surface area contributed by atoms with Gasteiger partial charge in [-0.15, -0.1) is 0 Å². The summed E-state index contributed by atoms with van der Waals surface area (Å²) in [5.74, 6) is -0.616. The number of halogens is 5. The number of benzene rings is 2. The topological polar surface area (TPSA) is 19.4 Å². The molecule has 1 fully saturated rings. The van der Waals surface area contributed by atoms with Crippen LogP contribution in [-0.4, -0.2) is 42.6 Å². The van der Waals surface area contributed by atoms with Gasteiger partial charge in [-0.2, -0.15) is 13.2 Å². The summed E-state index contributed by atoms with van der Waals surface area (Å²) in [5, 5.41) is 0. The maximum absolute atomic E-state index is 13.4. The molecular formula is C26H26F5N3. The van der Waals surface area contributed by atoms with Crippen molar-refractivity contribution in [1.82, 2.24) is 9.88 Å². The third kappa shape index (κ3) is 5.91. The van der Waals surface area contributed by atoms with E-state index in [4.69, 9.17) is 0 Å². The zero-order valence-electron chi connectivity index (χ0n) is 18.6. The van der Waals surface area contributed by atoms with E-state index in [1.54, 1.807) is 29.2 Å². The van der Waals surface area contributed by atoms with Gasteiger partial charge in [0.15, 0.2) is 0 Å². The molecule has 1 aliphatic rings. The van der Waals surface area contributed by atoms with Gasteiger partial charge < -0.3 is 4.90 Å². The molecule has 0 radical (unpaired) electrons. The van der Waals surface area contributed by atoms with Crippen LogP contribution in [0.25, 0.3) is 0 Å². The Morgan fingerprint density at radius 3 is 1.88 bits per heavy atom. The molecule has 0 saturated carbocycles. The Kier molecular flexibility index (Phi) is 7.46. The lowest BCUT2D eigenvalue weighted by atomic mass is 9.87. The molecule has 0 N–H and O–H groups in total. The molecular weight excluding hydrogens is 449 g/mol. The molecule has 3 nitrogen and oxygen atoms in total. The van der Waals surface area contributed by atoms with Gasteiger partial charge in [-0.1, -0.05) is 24.3 Å². The molecule has 2 heterocycles. The highest BCUT2D eigenvalue weighted by Crippen LogP contribution is 2.35. The van der Waals surface area contributed by atoms with Crippen LogP contribution in [0.2, 0.25) is 0 Å². The van der Waals surface area contributed by atoms with Gasteiger partial charge in [0.1, 0.15) is 17.5 Å². The zero-order chi connectivity index (χ0) is 24.1. The van der Waals surface area contributed by atoms with E-state index in [2.05, 4.69) is 9.88 Å². The molecule has 2 aromatic carbocycles. The van der Waals surface area contributed by atoms with Crippen LogP contribution in [0.4, 0.5) is 27.8 Å². The average Bonchev–Trinajstić information content (AvgIpc) is 2.83. The van der Waals surface area contributed by atoms with Gasteiger partial charge in [0, 0.05) is 38.3 Å². The van der Waals surface area contributed by atoms with Crippen molar-refractivity contribution in [3.63, 3.8) is 0 Å². The fourth-order valence-corrected chi connectivity index (χ4v) is 4.49. The van der Waals surface area contributed by atoms with E-state index >= 15 is 0 Å². The molecule has 0 spiro atoms. The van der Waals surface area contributed by atoms with Crippen LogP contribution in [-0.2, 0) is 6.18 Å². The molecule has 1 aromatic heterocycles. The molecule has 180 valence electrons. The summed E-state index contributed by atoms with van der Waals surface area (Å²) in [5.41, 5.74) is 1.23. The lowest BCUT2D eigenvalue weighted by molar-refractivity contribution is -0.137. The van der Waals surface area contributed by atoms with Crippen molar-refractivity contribution in [3.8, 4) is 0 Å². The van der Waals surface area contributed by atoms with Crippen LogP contribution in [0.15, 0.2) is 66.9 Å². The molecule has 3 aromatic rings. The van der Waals surface area contributed by atoms with E-state index in [1.165, 1.54) is 36.5 Å². The van der Waals surface area contributed by atoms with Crippen molar-refractivity contribution in [2.24, 2.45) is 0 Å². The van der Waals surface area contributed by atoms with Crippen LogP contribution >= 0.6 is 0 Å². The Hall–Kier alpha value is -3.00. The molecule has 0 amide bonds. The van der Waals surface area contributed by atoms with Crippen molar-refractivity contribution < 1.29 is 22.0 Å². The Labute approximate surface area is 195 Å². The van der Waals surface area contributed by atoms with Crippen LogP contribution in [0.3, 0.4) is 0 Å². The first kappa shape index (κ1) is 24.1. The molecule has 0 atom stereocenters. The number of pyridine rings is 1. The van der Waals surface area contributed by atoms with Gasteiger partial charge >= 0.3 is 6.18 Å². The van der Waals surface area contributed by atoms with Gasteiger partial charge in [-0.05, 0) is 66.9 Å². The smallest absolute Gasteiger partial charge is 0.354 e. The molecule has 34 heavy (non-hydrogen) atoms. The molecule has 1 saturated heterocycles. The van der Waals surface area contributed by atoms with Gasteiger partial charge in [0.05, 0.1) is 5.56 Å². The van der Waals surface area contributed by atoms with Gasteiger partial charge in [-0.25, -0.2) is 13.8 Å². The summed E-state index contributed by atoms with van der Waals surface area (Å²) in [6.07, 6.45) is -1.41. The summed E-state index contributed by atoms with van der Waals surface area (Å²) in [6.45, 7) is 3.03. The molecule has 4 rings (SSSR count). The largest absolute Gasteiger partial charge is 0.419 e. The van der Waals surface area contributed by atoms with Crippen molar-refractivity contribution in [2.75, 3.05) is 37.6 Å².